The molecule has 0 atom stereocenters. The first-order valence-corrected chi connectivity index (χ1v) is 8.64. The molecule has 3 aromatic rings. The zero-order valence-corrected chi connectivity index (χ0v) is 15.1. The van der Waals surface area contributed by atoms with Crippen LogP contribution in [0.4, 0.5) is 9.52 Å². The number of rotatable bonds is 6. The van der Waals surface area contributed by atoms with E-state index in [2.05, 4.69) is 10.3 Å². The fourth-order valence-electron chi connectivity index (χ4n) is 2.48. The number of carbonyl (C=O) groups is 1. The highest BCUT2D eigenvalue weighted by molar-refractivity contribution is 7.15. The number of para-hydroxylation sites is 1. The van der Waals surface area contributed by atoms with Crippen LogP contribution < -0.4 is 14.8 Å². The molecule has 5 nitrogen and oxygen atoms in total. The number of halogens is 1. The molecule has 134 valence electrons. The summed E-state index contributed by atoms with van der Waals surface area (Å²) in [6, 6.07) is 11.4. The third-order valence-electron chi connectivity index (χ3n) is 3.71. The Morgan fingerprint density at radius 1 is 1.15 bits per heavy atom. The fraction of sp³-hybridized carbons (Fsp3) is 0.158. The molecule has 1 aromatic heterocycles. The van der Waals surface area contributed by atoms with Crippen molar-refractivity contribution in [2.24, 2.45) is 0 Å². The zero-order chi connectivity index (χ0) is 18.5. The first-order chi connectivity index (χ1) is 12.6. The van der Waals surface area contributed by atoms with Gasteiger partial charge in [-0.3, -0.25) is 10.1 Å². The summed E-state index contributed by atoms with van der Waals surface area (Å²) in [6.45, 7) is 0. The highest BCUT2D eigenvalue weighted by atomic mass is 32.1. The van der Waals surface area contributed by atoms with Crippen LogP contribution in [0.15, 0.2) is 48.7 Å². The van der Waals surface area contributed by atoms with Gasteiger partial charge in [-0.2, -0.15) is 0 Å². The summed E-state index contributed by atoms with van der Waals surface area (Å²) in [5.74, 6) is 0.258. The number of ether oxygens (including phenoxy) is 2. The highest BCUT2D eigenvalue weighted by Gasteiger charge is 2.17. The van der Waals surface area contributed by atoms with Gasteiger partial charge in [0.1, 0.15) is 5.82 Å². The maximum Gasteiger partial charge on any atom is 0.261 e. The van der Waals surface area contributed by atoms with E-state index in [0.29, 0.717) is 28.6 Å². The van der Waals surface area contributed by atoms with Crippen molar-refractivity contribution < 1.29 is 18.7 Å². The number of nitrogens with one attached hydrogen (secondary N) is 1. The summed E-state index contributed by atoms with van der Waals surface area (Å²) in [6.07, 6.45) is 2.32. The summed E-state index contributed by atoms with van der Waals surface area (Å²) in [5, 5.41) is 3.26. The van der Waals surface area contributed by atoms with Gasteiger partial charge in [-0.15, -0.1) is 11.3 Å². The average Bonchev–Trinajstić information content (AvgIpc) is 3.09. The van der Waals surface area contributed by atoms with E-state index in [0.717, 1.165) is 10.4 Å². The zero-order valence-electron chi connectivity index (χ0n) is 14.3. The third kappa shape index (κ3) is 4.00. The van der Waals surface area contributed by atoms with Crippen LogP contribution in [0.25, 0.3) is 0 Å². The fourth-order valence-corrected chi connectivity index (χ4v) is 3.32. The number of amides is 1. The number of aromatic nitrogens is 1. The minimum Gasteiger partial charge on any atom is -0.493 e. The van der Waals surface area contributed by atoms with Crippen molar-refractivity contribution in [3.63, 3.8) is 0 Å². The van der Waals surface area contributed by atoms with E-state index >= 15 is 0 Å². The molecule has 0 spiro atoms. The summed E-state index contributed by atoms with van der Waals surface area (Å²) < 4.78 is 23.5. The van der Waals surface area contributed by atoms with E-state index in [-0.39, 0.29) is 11.7 Å². The minimum absolute atomic E-state index is 0.266. The first-order valence-electron chi connectivity index (χ1n) is 7.82. The summed E-state index contributed by atoms with van der Waals surface area (Å²) in [7, 11) is 3.00. The smallest absolute Gasteiger partial charge is 0.261 e. The number of carbonyl (C=O) groups excluding carboxylic acids is 1. The molecule has 1 amide bonds. The van der Waals surface area contributed by atoms with Gasteiger partial charge in [0.25, 0.3) is 5.91 Å². The molecule has 1 N–H and O–H groups in total. The van der Waals surface area contributed by atoms with Crippen LogP contribution in [-0.2, 0) is 6.42 Å². The molecule has 26 heavy (non-hydrogen) atoms. The molecule has 0 radical (unpaired) electrons. The Labute approximate surface area is 154 Å². The number of hydrogen-bond acceptors (Lipinski definition) is 5. The van der Waals surface area contributed by atoms with Gasteiger partial charge in [0.15, 0.2) is 16.6 Å². The molecule has 0 aliphatic rings. The average molecular weight is 372 g/mol. The molecule has 0 bridgehead atoms. The monoisotopic (exact) mass is 372 g/mol. The number of thiazole rings is 1. The summed E-state index contributed by atoms with van der Waals surface area (Å²) in [4.78, 5) is 17.7. The molecular weight excluding hydrogens is 355 g/mol. The van der Waals surface area contributed by atoms with Gasteiger partial charge in [0.05, 0.1) is 19.8 Å². The van der Waals surface area contributed by atoms with Crippen molar-refractivity contribution in [1.82, 2.24) is 4.98 Å². The lowest BCUT2D eigenvalue weighted by Gasteiger charge is -2.11. The van der Waals surface area contributed by atoms with Crippen molar-refractivity contribution in [3.8, 4) is 11.5 Å². The van der Waals surface area contributed by atoms with E-state index in [4.69, 9.17) is 9.47 Å². The molecule has 3 rings (SSSR count). The largest absolute Gasteiger partial charge is 0.493 e. The number of hydrogen-bond donors (Lipinski definition) is 1. The van der Waals surface area contributed by atoms with Crippen molar-refractivity contribution in [1.29, 1.82) is 0 Å². The Bertz CT molecular complexity index is 909. The Hall–Kier alpha value is -2.93. The highest BCUT2D eigenvalue weighted by Crippen LogP contribution is 2.31. The Morgan fingerprint density at radius 3 is 2.62 bits per heavy atom. The van der Waals surface area contributed by atoms with E-state index in [1.807, 2.05) is 0 Å². The predicted octanol–water partition coefficient (Wildman–Crippen LogP) is 4.14. The Kier molecular flexibility index (Phi) is 5.48. The van der Waals surface area contributed by atoms with Crippen LogP contribution in [0, 0.1) is 5.82 Å². The van der Waals surface area contributed by atoms with Gasteiger partial charge in [-0.1, -0.05) is 18.2 Å². The van der Waals surface area contributed by atoms with E-state index in [1.54, 1.807) is 36.5 Å². The van der Waals surface area contributed by atoms with E-state index < -0.39 is 0 Å². The normalized spacial score (nSPS) is 10.4. The molecule has 0 fully saturated rings. The predicted molar refractivity (Wildman–Crippen MR) is 98.8 cm³/mol. The quantitative estimate of drug-likeness (QED) is 0.706. The molecule has 1 heterocycles. The van der Waals surface area contributed by atoms with Crippen LogP contribution in [-0.4, -0.2) is 25.1 Å². The third-order valence-corrected chi connectivity index (χ3v) is 4.63. The summed E-state index contributed by atoms with van der Waals surface area (Å²) in [5.41, 5.74) is 1.34. The SMILES string of the molecule is COc1cccc(C(=O)Nc2ncc(Cc3ccc(F)cc3)s2)c1OC. The lowest BCUT2D eigenvalue weighted by molar-refractivity contribution is 0.102. The summed E-state index contributed by atoms with van der Waals surface area (Å²) >= 11 is 1.37. The van der Waals surface area contributed by atoms with Crippen molar-refractivity contribution in [3.05, 3.63) is 70.5 Å². The van der Waals surface area contributed by atoms with Crippen LogP contribution in [0.5, 0.6) is 11.5 Å². The van der Waals surface area contributed by atoms with Crippen LogP contribution in [0.3, 0.4) is 0 Å². The van der Waals surface area contributed by atoms with Gasteiger partial charge in [0.2, 0.25) is 0 Å². The maximum atomic E-state index is 13.0. The maximum absolute atomic E-state index is 13.0. The second-order valence-corrected chi connectivity index (χ2v) is 6.55. The van der Waals surface area contributed by atoms with Gasteiger partial charge < -0.3 is 9.47 Å². The van der Waals surface area contributed by atoms with Crippen LogP contribution in [0.1, 0.15) is 20.8 Å². The molecular formula is C19H17FN2O3S. The molecule has 7 heteroatoms. The minimum atomic E-state index is -0.330. The molecule has 0 saturated heterocycles. The molecule has 2 aromatic carbocycles. The molecule has 0 aliphatic carbocycles. The van der Waals surface area contributed by atoms with Crippen molar-refractivity contribution >= 4 is 22.4 Å². The molecule has 0 saturated carbocycles. The molecule has 0 aliphatic heterocycles. The van der Waals surface area contributed by atoms with Crippen LogP contribution in [0.2, 0.25) is 0 Å². The number of anilines is 1. The van der Waals surface area contributed by atoms with Crippen molar-refractivity contribution in [2.75, 3.05) is 19.5 Å². The lowest BCUT2D eigenvalue weighted by Crippen LogP contribution is -2.13. The number of benzene rings is 2. The van der Waals surface area contributed by atoms with Crippen molar-refractivity contribution in [2.45, 2.75) is 6.42 Å². The lowest BCUT2D eigenvalue weighted by atomic mass is 10.1. The molecule has 0 unspecified atom stereocenters. The van der Waals surface area contributed by atoms with E-state index in [1.165, 1.54) is 37.7 Å². The van der Waals surface area contributed by atoms with E-state index in [9.17, 15) is 9.18 Å². The standard InChI is InChI=1S/C19H17FN2O3S/c1-24-16-5-3-4-15(17(16)25-2)18(23)22-19-21-11-14(26-19)10-12-6-8-13(20)9-7-12/h3-9,11H,10H2,1-2H3,(H,21,22,23). The Morgan fingerprint density at radius 2 is 1.92 bits per heavy atom. The number of methoxy groups -OCH3 is 2. The Balaban J connectivity index is 1.73. The van der Waals surface area contributed by atoms with Gasteiger partial charge in [-0.05, 0) is 29.8 Å². The second kappa shape index (κ2) is 7.97. The van der Waals surface area contributed by atoms with Gasteiger partial charge in [-0.25, -0.2) is 9.37 Å². The van der Waals surface area contributed by atoms with Crippen LogP contribution >= 0.6 is 11.3 Å². The van der Waals surface area contributed by atoms with Gasteiger partial charge >= 0.3 is 0 Å². The first kappa shape index (κ1) is 17.9. The number of nitrogens with zero attached hydrogens (tertiary/aromatic N) is 1. The van der Waals surface area contributed by atoms with Gasteiger partial charge in [0, 0.05) is 17.5 Å². The topological polar surface area (TPSA) is 60.5 Å². The second-order valence-electron chi connectivity index (χ2n) is 5.43.